The van der Waals surface area contributed by atoms with Crippen LogP contribution in [0.4, 0.5) is 11.4 Å². The lowest BCUT2D eigenvalue weighted by molar-refractivity contribution is -0.385. The summed E-state index contributed by atoms with van der Waals surface area (Å²) in [6.07, 6.45) is 0. The van der Waals surface area contributed by atoms with Crippen LogP contribution in [0.15, 0.2) is 16.6 Å². The van der Waals surface area contributed by atoms with E-state index in [1.807, 2.05) is 5.48 Å². The van der Waals surface area contributed by atoms with Gasteiger partial charge in [0.05, 0.1) is 10.6 Å². The lowest BCUT2D eigenvalue weighted by Gasteiger charge is -2.03. The topological polar surface area (TPSA) is 75.4 Å². The van der Waals surface area contributed by atoms with Crippen LogP contribution in [0, 0.1) is 17.0 Å². The molecule has 6 heteroatoms. The van der Waals surface area contributed by atoms with E-state index in [0.717, 1.165) is 0 Å². The third-order valence-corrected chi connectivity index (χ3v) is 2.26. The molecule has 0 aliphatic rings. The first kappa shape index (κ1) is 9.94. The summed E-state index contributed by atoms with van der Waals surface area (Å²) in [6.45, 7) is 1.60. The fourth-order valence-corrected chi connectivity index (χ4v) is 1.37. The summed E-state index contributed by atoms with van der Waals surface area (Å²) in [6, 6.07) is 2.83. The maximum atomic E-state index is 10.5. The van der Waals surface area contributed by atoms with E-state index in [1.54, 1.807) is 6.92 Å². The van der Waals surface area contributed by atoms with Gasteiger partial charge >= 0.3 is 0 Å². The minimum atomic E-state index is -0.471. The molecule has 0 unspecified atom stereocenters. The fraction of sp³-hybridized carbons (Fsp3) is 0.143. The van der Waals surface area contributed by atoms with Gasteiger partial charge in [-0.1, -0.05) is 0 Å². The average Bonchev–Trinajstić information content (AvgIpc) is 2.07. The number of halogens is 1. The Labute approximate surface area is 82.6 Å². The maximum absolute atomic E-state index is 10.5. The van der Waals surface area contributed by atoms with Crippen LogP contribution in [-0.4, -0.2) is 10.1 Å². The highest BCUT2D eigenvalue weighted by Crippen LogP contribution is 2.29. The van der Waals surface area contributed by atoms with Crippen molar-refractivity contribution in [1.29, 1.82) is 0 Å². The number of hydrogen-bond acceptors (Lipinski definition) is 4. The molecule has 0 atom stereocenters. The molecule has 0 fully saturated rings. The zero-order valence-electron chi connectivity index (χ0n) is 6.74. The second kappa shape index (κ2) is 3.71. The van der Waals surface area contributed by atoms with E-state index in [4.69, 9.17) is 5.21 Å². The van der Waals surface area contributed by atoms with E-state index in [1.165, 1.54) is 12.1 Å². The quantitative estimate of drug-likeness (QED) is 0.621. The van der Waals surface area contributed by atoms with Crippen LogP contribution in [0.3, 0.4) is 0 Å². The molecule has 0 bridgehead atoms. The minimum absolute atomic E-state index is 0.0193. The van der Waals surface area contributed by atoms with Crippen molar-refractivity contribution in [3.63, 3.8) is 0 Å². The van der Waals surface area contributed by atoms with Crippen LogP contribution in [0.25, 0.3) is 0 Å². The Balaban J connectivity index is 3.28. The summed E-state index contributed by atoms with van der Waals surface area (Å²) < 4.78 is 0.451. The minimum Gasteiger partial charge on any atom is -0.291 e. The predicted octanol–water partition coefficient (Wildman–Crippen LogP) is 2.47. The van der Waals surface area contributed by atoms with Crippen LogP contribution in [-0.2, 0) is 0 Å². The molecule has 0 radical (unpaired) electrons. The number of nitro benzene ring substituents is 1. The second-order valence-electron chi connectivity index (χ2n) is 2.49. The lowest BCUT2D eigenvalue weighted by atomic mass is 10.2. The Morgan fingerprint density at radius 2 is 2.23 bits per heavy atom. The zero-order valence-corrected chi connectivity index (χ0v) is 8.33. The molecular weight excluding hydrogens is 240 g/mol. The molecule has 2 N–H and O–H groups in total. The van der Waals surface area contributed by atoms with Crippen molar-refractivity contribution in [1.82, 2.24) is 0 Å². The van der Waals surface area contributed by atoms with Crippen molar-refractivity contribution in [2.24, 2.45) is 0 Å². The molecule has 0 spiro atoms. The fourth-order valence-electron chi connectivity index (χ4n) is 0.953. The summed E-state index contributed by atoms with van der Waals surface area (Å²) in [5.74, 6) is 0. The molecule has 5 nitrogen and oxygen atoms in total. The van der Waals surface area contributed by atoms with Gasteiger partial charge in [-0.2, -0.15) is 0 Å². The molecule has 0 saturated carbocycles. The highest BCUT2D eigenvalue weighted by molar-refractivity contribution is 9.10. The van der Waals surface area contributed by atoms with Crippen molar-refractivity contribution in [3.8, 4) is 0 Å². The number of anilines is 1. The Morgan fingerprint density at radius 1 is 1.62 bits per heavy atom. The summed E-state index contributed by atoms with van der Waals surface area (Å²) >= 11 is 3.08. The molecule has 70 valence electrons. The van der Waals surface area contributed by atoms with Gasteiger partial charge in [0.1, 0.15) is 0 Å². The molecule has 0 aliphatic heterocycles. The summed E-state index contributed by atoms with van der Waals surface area (Å²) in [5, 5.41) is 19.1. The number of nitrogens with one attached hydrogen (secondary N) is 1. The number of nitro groups is 1. The summed E-state index contributed by atoms with van der Waals surface area (Å²) in [7, 11) is 0. The Kier molecular flexibility index (Phi) is 2.84. The van der Waals surface area contributed by atoms with E-state index in [9.17, 15) is 10.1 Å². The van der Waals surface area contributed by atoms with Crippen LogP contribution >= 0.6 is 15.9 Å². The average molecular weight is 247 g/mol. The molecule has 13 heavy (non-hydrogen) atoms. The molecule has 0 amide bonds. The van der Waals surface area contributed by atoms with Gasteiger partial charge in [0, 0.05) is 16.1 Å². The number of aryl methyl sites for hydroxylation is 1. The van der Waals surface area contributed by atoms with E-state index in [2.05, 4.69) is 15.9 Å². The third-order valence-electron chi connectivity index (χ3n) is 1.60. The number of nitrogens with zero attached hydrogens (tertiary/aromatic N) is 1. The summed E-state index contributed by atoms with van der Waals surface area (Å²) in [5.41, 5.74) is 2.85. The van der Waals surface area contributed by atoms with Gasteiger partial charge in [-0.25, -0.2) is 0 Å². The van der Waals surface area contributed by atoms with Crippen molar-refractivity contribution >= 4 is 27.3 Å². The van der Waals surface area contributed by atoms with Crippen molar-refractivity contribution in [2.75, 3.05) is 5.48 Å². The van der Waals surface area contributed by atoms with E-state index in [-0.39, 0.29) is 5.69 Å². The molecule has 1 rings (SSSR count). The van der Waals surface area contributed by atoms with E-state index < -0.39 is 4.92 Å². The van der Waals surface area contributed by atoms with E-state index >= 15 is 0 Å². The smallest absolute Gasteiger partial charge is 0.273 e. The zero-order chi connectivity index (χ0) is 10.0. The Morgan fingerprint density at radius 3 is 2.69 bits per heavy atom. The SMILES string of the molecule is Cc1cc(NO)c(Br)cc1[N+](=O)[O-]. The van der Waals surface area contributed by atoms with Crippen LogP contribution in [0.1, 0.15) is 5.56 Å². The van der Waals surface area contributed by atoms with Crippen LogP contribution in [0.5, 0.6) is 0 Å². The Bertz CT molecular complexity index is 354. The highest BCUT2D eigenvalue weighted by Gasteiger charge is 2.13. The molecule has 0 aromatic heterocycles. The summed E-state index contributed by atoms with van der Waals surface area (Å²) in [4.78, 5) is 10.0. The third kappa shape index (κ3) is 1.96. The standard InChI is InChI=1S/C7H7BrN2O3/c1-4-2-6(9-11)5(8)3-7(4)10(12)13/h2-3,9,11H,1H3. The normalized spacial score (nSPS) is 9.77. The largest absolute Gasteiger partial charge is 0.291 e. The van der Waals surface area contributed by atoms with E-state index in [0.29, 0.717) is 15.7 Å². The monoisotopic (exact) mass is 246 g/mol. The molecule has 0 heterocycles. The highest BCUT2D eigenvalue weighted by atomic mass is 79.9. The first-order valence-electron chi connectivity index (χ1n) is 3.41. The second-order valence-corrected chi connectivity index (χ2v) is 3.34. The lowest BCUT2D eigenvalue weighted by Crippen LogP contribution is -1.96. The molecule has 1 aromatic carbocycles. The predicted molar refractivity (Wildman–Crippen MR) is 50.9 cm³/mol. The number of hydrogen-bond donors (Lipinski definition) is 2. The van der Waals surface area contributed by atoms with Gasteiger partial charge in [0.2, 0.25) is 0 Å². The van der Waals surface area contributed by atoms with Crippen molar-refractivity contribution in [2.45, 2.75) is 6.92 Å². The van der Waals surface area contributed by atoms with Gasteiger partial charge in [-0.05, 0) is 28.9 Å². The van der Waals surface area contributed by atoms with Gasteiger partial charge in [-0.3, -0.25) is 20.8 Å². The van der Waals surface area contributed by atoms with Gasteiger partial charge in [0.15, 0.2) is 0 Å². The molecule has 0 aliphatic carbocycles. The Hall–Kier alpha value is -1.14. The maximum Gasteiger partial charge on any atom is 0.273 e. The molecular formula is C7H7BrN2O3. The first-order chi connectivity index (χ1) is 6.06. The van der Waals surface area contributed by atoms with Gasteiger partial charge in [-0.15, -0.1) is 0 Å². The van der Waals surface area contributed by atoms with Crippen LogP contribution < -0.4 is 5.48 Å². The van der Waals surface area contributed by atoms with Crippen LogP contribution in [0.2, 0.25) is 0 Å². The van der Waals surface area contributed by atoms with Crippen molar-refractivity contribution < 1.29 is 10.1 Å². The first-order valence-corrected chi connectivity index (χ1v) is 4.20. The number of benzene rings is 1. The molecule has 0 saturated heterocycles. The number of rotatable bonds is 2. The molecule has 1 aromatic rings. The van der Waals surface area contributed by atoms with Gasteiger partial charge in [0.25, 0.3) is 5.69 Å². The van der Waals surface area contributed by atoms with Crippen molar-refractivity contribution in [3.05, 3.63) is 32.3 Å². The van der Waals surface area contributed by atoms with Gasteiger partial charge < -0.3 is 0 Å².